The molecule has 0 saturated carbocycles. The van der Waals surface area contributed by atoms with E-state index in [0.29, 0.717) is 0 Å². The summed E-state index contributed by atoms with van der Waals surface area (Å²) < 4.78 is 7.83. The topological polar surface area (TPSA) is 17.1 Å². The summed E-state index contributed by atoms with van der Waals surface area (Å²) in [6, 6.07) is 0. The fourth-order valence-electron chi connectivity index (χ4n) is 0. The Labute approximate surface area is 38.4 Å². The van der Waals surface area contributed by atoms with Gasteiger partial charge in [0.25, 0.3) is 0 Å². The highest BCUT2D eigenvalue weighted by Gasteiger charge is 0.734. The van der Waals surface area contributed by atoms with Gasteiger partial charge in [0.2, 0.25) is 0 Å². The van der Waals surface area contributed by atoms with Crippen LogP contribution in [0.5, 0.6) is 0 Å². The van der Waals surface area contributed by atoms with E-state index in [1.165, 1.54) is 0 Å². The van der Waals surface area contributed by atoms with Crippen molar-refractivity contribution in [3.05, 3.63) is 0 Å². The first-order valence-electron chi connectivity index (χ1n) is 0.167. The molecule has 0 aliphatic rings. The third kappa shape index (κ3) is 32.5. The normalized spacial score (nSPS) is 1.00. The molecule has 4 heavy (non-hydrogen) atoms. The molecular formula is CH6OS2. The van der Waals surface area contributed by atoms with Crippen molar-refractivity contribution >= 4 is 26.0 Å². The summed E-state index contributed by atoms with van der Waals surface area (Å²) in [4.78, 5) is 0. The number of hydrogen-bond acceptors (Lipinski definition) is 2. The highest BCUT2D eigenvalue weighted by molar-refractivity contribution is 7.59. The van der Waals surface area contributed by atoms with Crippen LogP contribution in [0.25, 0.3) is 0 Å². The summed E-state index contributed by atoms with van der Waals surface area (Å²) in [5.41, 5.74) is 0. The van der Waals surface area contributed by atoms with Gasteiger partial charge in [-0.05, 0) is 0 Å². The van der Waals surface area contributed by atoms with Crippen LogP contribution >= 0.6 is 13.5 Å². The van der Waals surface area contributed by atoms with Gasteiger partial charge < -0.3 is 0 Å². The summed E-state index contributed by atoms with van der Waals surface area (Å²) in [6.45, 7) is 0. The Balaban J connectivity index is -0.00000000500. The molecular weight excluding hydrogens is 92.1 g/mol. The van der Waals surface area contributed by atoms with Crippen molar-refractivity contribution in [2.45, 2.75) is 7.43 Å². The quantitative estimate of drug-likeness (QED) is 0.436. The predicted molar refractivity (Wildman–Crippen MR) is 25.3 cm³/mol. The molecule has 0 unspecified atom stereocenters. The summed E-state index contributed by atoms with van der Waals surface area (Å²) >= 11 is 2.83. The van der Waals surface area contributed by atoms with Gasteiger partial charge in [-0.25, -0.2) is 0 Å². The van der Waals surface area contributed by atoms with E-state index in [4.69, 9.17) is 4.21 Å². The van der Waals surface area contributed by atoms with E-state index < -0.39 is 0 Å². The van der Waals surface area contributed by atoms with Crippen molar-refractivity contribution in [3.63, 3.8) is 0 Å². The molecule has 0 radical (unpaired) electrons. The first-order chi connectivity index (χ1) is 1.00. The Morgan fingerprint density at radius 3 is 1.25 bits per heavy atom. The van der Waals surface area contributed by atoms with Crippen LogP contribution in [-0.4, -0.2) is 4.21 Å². The van der Waals surface area contributed by atoms with Crippen LogP contribution in [0.2, 0.25) is 0 Å². The Kier molecular flexibility index (Phi) is 914. The molecule has 3 heteroatoms. The maximum atomic E-state index is 7.83. The minimum atomic E-state index is 0. The Bertz CT molecular complexity index is 6.00. The van der Waals surface area contributed by atoms with Crippen molar-refractivity contribution in [1.82, 2.24) is 0 Å². The molecule has 0 rings (SSSR count). The molecule has 0 fully saturated rings. The van der Waals surface area contributed by atoms with Crippen molar-refractivity contribution in [3.8, 4) is 0 Å². The second kappa shape index (κ2) is 138. The monoisotopic (exact) mass is 98.0 g/mol. The van der Waals surface area contributed by atoms with E-state index in [1.54, 1.807) is 0 Å². The van der Waals surface area contributed by atoms with Crippen LogP contribution < -0.4 is 0 Å². The number of hydrogen-bond donors (Lipinski definition) is 0. The minimum Gasteiger partial charge on any atom is -0.197 e. The third-order valence-electron chi connectivity index (χ3n) is 0. The smallest absolute Gasteiger partial charge is 0.197 e. The SMILES string of the molecule is C.O=S.S. The molecule has 0 heterocycles. The standard InChI is InChI=1S/CH4.OS.H2S/c;1-2;/h1H4;;1H2. The predicted octanol–water partition coefficient (Wildman–Crippen LogP) is 0.413. The fourth-order valence-corrected chi connectivity index (χ4v) is 0. The van der Waals surface area contributed by atoms with E-state index >= 15 is 0 Å². The molecule has 0 aromatic rings. The zero-order chi connectivity index (χ0) is 2.00. The van der Waals surface area contributed by atoms with Gasteiger partial charge in [-0.2, -0.15) is 17.7 Å². The molecule has 0 aliphatic carbocycles. The number of rotatable bonds is 0. The van der Waals surface area contributed by atoms with Crippen LogP contribution in [0.4, 0.5) is 0 Å². The van der Waals surface area contributed by atoms with Crippen molar-refractivity contribution in [1.29, 1.82) is 0 Å². The molecule has 28 valence electrons. The van der Waals surface area contributed by atoms with E-state index in [1.807, 2.05) is 0 Å². The summed E-state index contributed by atoms with van der Waals surface area (Å²) in [6.07, 6.45) is 0. The zero-order valence-corrected chi connectivity index (χ0v) is 3.13. The van der Waals surface area contributed by atoms with Crippen molar-refractivity contribution < 1.29 is 4.21 Å². The van der Waals surface area contributed by atoms with E-state index in [-0.39, 0.29) is 20.9 Å². The van der Waals surface area contributed by atoms with Crippen LogP contribution in [0.15, 0.2) is 0 Å². The van der Waals surface area contributed by atoms with Crippen LogP contribution in [0.1, 0.15) is 7.43 Å². The first-order valence-corrected chi connectivity index (χ1v) is 0.500. The van der Waals surface area contributed by atoms with Gasteiger partial charge >= 0.3 is 0 Å². The van der Waals surface area contributed by atoms with Crippen LogP contribution in [0, 0.1) is 0 Å². The van der Waals surface area contributed by atoms with Crippen molar-refractivity contribution in [2.75, 3.05) is 0 Å². The lowest BCUT2D eigenvalue weighted by Gasteiger charge is -0.734. The molecule has 0 aromatic carbocycles. The largest absolute Gasteiger partial charge is 0.197 e. The Morgan fingerprint density at radius 2 is 1.25 bits per heavy atom. The summed E-state index contributed by atoms with van der Waals surface area (Å²) in [7, 11) is 0. The van der Waals surface area contributed by atoms with Gasteiger partial charge in [-0.1, -0.05) is 7.43 Å². The second-order valence-corrected chi connectivity index (χ2v) is 0. The van der Waals surface area contributed by atoms with Crippen LogP contribution in [0.3, 0.4) is 0 Å². The molecule has 0 saturated heterocycles. The lowest BCUT2D eigenvalue weighted by molar-refractivity contribution is 0.702. The second-order valence-electron chi connectivity index (χ2n) is 0. The van der Waals surface area contributed by atoms with E-state index in [2.05, 4.69) is 12.5 Å². The molecule has 0 aliphatic heterocycles. The Morgan fingerprint density at radius 1 is 1.25 bits per heavy atom. The average molecular weight is 98.2 g/mol. The zero-order valence-electron chi connectivity index (χ0n) is 1.32. The lowest BCUT2D eigenvalue weighted by Crippen LogP contribution is -0.894. The van der Waals surface area contributed by atoms with Crippen LogP contribution in [-0.2, 0) is 12.5 Å². The molecule has 0 amide bonds. The summed E-state index contributed by atoms with van der Waals surface area (Å²) in [5.74, 6) is 0. The molecule has 0 bridgehead atoms. The average Bonchev–Trinajstić information content (AvgIpc) is 1.00. The molecule has 0 atom stereocenters. The van der Waals surface area contributed by atoms with Gasteiger partial charge in [0, 0.05) is 0 Å². The molecule has 0 spiro atoms. The van der Waals surface area contributed by atoms with Crippen molar-refractivity contribution in [2.24, 2.45) is 0 Å². The molecule has 0 N–H and O–H groups in total. The lowest BCUT2D eigenvalue weighted by atomic mass is 12.0. The first kappa shape index (κ1) is 26.4. The third-order valence-corrected chi connectivity index (χ3v) is 0. The van der Waals surface area contributed by atoms with Gasteiger partial charge in [-0.15, -0.1) is 0 Å². The van der Waals surface area contributed by atoms with Gasteiger partial charge in [0.05, 0.1) is 0 Å². The molecule has 0 aromatic heterocycles. The van der Waals surface area contributed by atoms with Gasteiger partial charge in [0.1, 0.15) is 0 Å². The summed E-state index contributed by atoms with van der Waals surface area (Å²) in [5, 5.41) is 0. The highest BCUT2D eigenvalue weighted by atomic mass is 32.1. The van der Waals surface area contributed by atoms with E-state index in [9.17, 15) is 0 Å². The van der Waals surface area contributed by atoms with E-state index in [0.717, 1.165) is 0 Å². The molecule has 1 nitrogen and oxygen atoms in total. The fraction of sp³-hybridized carbons (Fsp3) is 1.00. The maximum Gasteiger partial charge on any atom is 0.197 e. The highest BCUT2D eigenvalue weighted by Crippen LogP contribution is 0.648. The maximum absolute atomic E-state index is 7.83. The Hall–Kier alpha value is 0.370. The minimum absolute atomic E-state index is 0. The van der Waals surface area contributed by atoms with Gasteiger partial charge in [-0.3, -0.25) is 0 Å². The van der Waals surface area contributed by atoms with Gasteiger partial charge in [0.15, 0.2) is 12.5 Å².